The van der Waals surface area contributed by atoms with E-state index >= 15 is 0 Å². The van der Waals surface area contributed by atoms with Gasteiger partial charge in [-0.25, -0.2) is 0 Å². The zero-order valence-corrected chi connectivity index (χ0v) is 17.4. The van der Waals surface area contributed by atoms with Gasteiger partial charge in [0.15, 0.2) is 0 Å². The number of rotatable bonds is 14. The molecule has 0 unspecified atom stereocenters. The Hall–Kier alpha value is 0.0169. The summed E-state index contributed by atoms with van der Waals surface area (Å²) in [6.07, 6.45) is 6.36. The van der Waals surface area contributed by atoms with Crippen LogP contribution in [0.4, 0.5) is 0 Å². The molecule has 1 fully saturated rings. The van der Waals surface area contributed by atoms with E-state index < -0.39 is 0 Å². The SMILES string of the molecule is CCCCN(CCCC)CCN1CCN(C[Si]C(OC)OC)CC1. The van der Waals surface area contributed by atoms with Crippen molar-refractivity contribution in [3.05, 3.63) is 0 Å². The van der Waals surface area contributed by atoms with Crippen molar-refractivity contribution in [3.63, 3.8) is 0 Å². The first-order valence-corrected chi connectivity index (χ1v) is 11.0. The molecule has 0 amide bonds. The molecule has 2 radical (unpaired) electrons. The molecule has 142 valence electrons. The van der Waals surface area contributed by atoms with Crippen molar-refractivity contribution >= 4 is 9.52 Å². The highest BCUT2D eigenvalue weighted by molar-refractivity contribution is 6.36. The Morgan fingerprint density at radius 1 is 0.875 bits per heavy atom. The van der Waals surface area contributed by atoms with Gasteiger partial charge in [0.25, 0.3) is 0 Å². The third-order valence-corrected chi connectivity index (χ3v) is 6.20. The number of unbranched alkanes of at least 4 members (excludes halogenated alkanes) is 2. The maximum atomic E-state index is 5.29. The average molecular weight is 358 g/mol. The van der Waals surface area contributed by atoms with Crippen LogP contribution < -0.4 is 0 Å². The van der Waals surface area contributed by atoms with E-state index in [1.165, 1.54) is 78.0 Å². The molecule has 0 aromatic rings. The van der Waals surface area contributed by atoms with Gasteiger partial charge >= 0.3 is 0 Å². The number of hydrogen-bond donors (Lipinski definition) is 0. The first-order valence-electron chi connectivity index (χ1n) is 9.69. The summed E-state index contributed by atoms with van der Waals surface area (Å²) in [7, 11) is 4.15. The van der Waals surface area contributed by atoms with Gasteiger partial charge in [0.1, 0.15) is 15.4 Å². The van der Waals surface area contributed by atoms with Crippen molar-refractivity contribution in [2.75, 3.05) is 72.7 Å². The fraction of sp³-hybridized carbons (Fsp3) is 1.00. The first-order chi connectivity index (χ1) is 11.7. The summed E-state index contributed by atoms with van der Waals surface area (Å²) in [6.45, 7) is 14.3. The van der Waals surface area contributed by atoms with Gasteiger partial charge in [-0.2, -0.15) is 0 Å². The quantitative estimate of drug-likeness (QED) is 0.349. The highest BCUT2D eigenvalue weighted by atomic mass is 28.2. The van der Waals surface area contributed by atoms with Gasteiger partial charge in [0, 0.05) is 53.5 Å². The summed E-state index contributed by atoms with van der Waals surface area (Å²) in [4.78, 5) is 7.85. The van der Waals surface area contributed by atoms with Gasteiger partial charge in [-0.1, -0.05) is 26.7 Å². The molecule has 0 bridgehead atoms. The van der Waals surface area contributed by atoms with E-state index in [4.69, 9.17) is 9.47 Å². The van der Waals surface area contributed by atoms with E-state index in [1.807, 2.05) is 0 Å². The van der Waals surface area contributed by atoms with E-state index in [1.54, 1.807) is 14.2 Å². The normalized spacial score (nSPS) is 17.2. The van der Waals surface area contributed by atoms with Gasteiger partial charge in [0.2, 0.25) is 0 Å². The average Bonchev–Trinajstić information content (AvgIpc) is 2.63. The van der Waals surface area contributed by atoms with Crippen molar-refractivity contribution in [1.29, 1.82) is 0 Å². The Morgan fingerprint density at radius 3 is 1.92 bits per heavy atom. The Morgan fingerprint density at radius 2 is 1.42 bits per heavy atom. The lowest BCUT2D eigenvalue weighted by atomic mass is 10.2. The molecule has 0 atom stereocenters. The largest absolute Gasteiger partial charge is 0.360 e. The molecular weight excluding hydrogens is 318 g/mol. The lowest BCUT2D eigenvalue weighted by Crippen LogP contribution is -2.50. The molecule has 0 saturated carbocycles. The molecule has 1 heterocycles. The van der Waals surface area contributed by atoms with E-state index in [9.17, 15) is 0 Å². The van der Waals surface area contributed by atoms with Crippen LogP contribution in [-0.2, 0) is 9.47 Å². The topological polar surface area (TPSA) is 28.2 Å². The van der Waals surface area contributed by atoms with E-state index in [2.05, 4.69) is 28.5 Å². The molecule has 0 aromatic carbocycles. The maximum absolute atomic E-state index is 5.29. The van der Waals surface area contributed by atoms with Gasteiger partial charge in [-0.15, -0.1) is 0 Å². The summed E-state index contributed by atoms with van der Waals surface area (Å²) in [5.74, 6) is -0.0336. The Kier molecular flexibility index (Phi) is 13.1. The van der Waals surface area contributed by atoms with Crippen LogP contribution in [0.5, 0.6) is 0 Å². The number of methoxy groups -OCH3 is 2. The third-order valence-electron chi connectivity index (χ3n) is 4.76. The fourth-order valence-electron chi connectivity index (χ4n) is 3.02. The number of nitrogens with zero attached hydrogens (tertiary/aromatic N) is 3. The lowest BCUT2D eigenvalue weighted by molar-refractivity contribution is -0.0451. The van der Waals surface area contributed by atoms with Crippen LogP contribution >= 0.6 is 0 Å². The van der Waals surface area contributed by atoms with Gasteiger partial charge in [-0.05, 0) is 32.1 Å². The molecule has 5 nitrogen and oxygen atoms in total. The third kappa shape index (κ3) is 9.49. The molecule has 0 N–H and O–H groups in total. The van der Waals surface area contributed by atoms with Crippen LogP contribution in [0, 0.1) is 0 Å². The van der Waals surface area contributed by atoms with Crippen LogP contribution in [-0.4, -0.2) is 103 Å². The minimum atomic E-state index is -0.0336. The van der Waals surface area contributed by atoms with Crippen molar-refractivity contribution in [2.24, 2.45) is 0 Å². The van der Waals surface area contributed by atoms with E-state index in [-0.39, 0.29) is 5.91 Å². The minimum absolute atomic E-state index is 0.0336. The van der Waals surface area contributed by atoms with Crippen LogP contribution in [0.15, 0.2) is 0 Å². The summed E-state index contributed by atoms with van der Waals surface area (Å²) >= 11 is 0. The van der Waals surface area contributed by atoms with Gasteiger partial charge < -0.3 is 19.3 Å². The molecular formula is C18H39N3O2Si. The van der Waals surface area contributed by atoms with Crippen LogP contribution in [0.3, 0.4) is 0 Å². The first kappa shape index (κ1) is 22.1. The Labute approximate surface area is 152 Å². The second-order valence-electron chi connectivity index (χ2n) is 6.67. The zero-order valence-electron chi connectivity index (χ0n) is 16.4. The zero-order chi connectivity index (χ0) is 17.6. The molecule has 0 aliphatic carbocycles. The second kappa shape index (κ2) is 14.2. The molecule has 0 aromatic heterocycles. The van der Waals surface area contributed by atoms with Crippen molar-refractivity contribution in [2.45, 2.75) is 45.4 Å². The van der Waals surface area contributed by atoms with Crippen LogP contribution in [0.1, 0.15) is 39.5 Å². The van der Waals surface area contributed by atoms with Gasteiger partial charge in [0.05, 0.1) is 0 Å². The monoisotopic (exact) mass is 357 g/mol. The van der Waals surface area contributed by atoms with Crippen molar-refractivity contribution < 1.29 is 9.47 Å². The van der Waals surface area contributed by atoms with E-state index in [0.717, 1.165) is 6.17 Å². The minimum Gasteiger partial charge on any atom is -0.360 e. The summed E-state index contributed by atoms with van der Waals surface area (Å²) in [5.41, 5.74) is 0. The highest BCUT2D eigenvalue weighted by Crippen LogP contribution is 2.04. The van der Waals surface area contributed by atoms with E-state index in [0.29, 0.717) is 9.52 Å². The Bertz CT molecular complexity index is 277. The lowest BCUT2D eigenvalue weighted by Gasteiger charge is -2.36. The summed E-state index contributed by atoms with van der Waals surface area (Å²) in [6, 6.07) is 0. The maximum Gasteiger partial charge on any atom is 0.137 e. The predicted molar refractivity (Wildman–Crippen MR) is 103 cm³/mol. The smallest absolute Gasteiger partial charge is 0.137 e. The highest BCUT2D eigenvalue weighted by Gasteiger charge is 2.19. The summed E-state index contributed by atoms with van der Waals surface area (Å²) < 4.78 is 10.6. The van der Waals surface area contributed by atoms with Gasteiger partial charge in [-0.3, -0.25) is 4.90 Å². The second-order valence-corrected chi connectivity index (χ2v) is 7.87. The summed E-state index contributed by atoms with van der Waals surface area (Å²) in [5, 5.41) is 0. The van der Waals surface area contributed by atoms with Crippen LogP contribution in [0.25, 0.3) is 0 Å². The molecule has 0 spiro atoms. The fourth-order valence-corrected chi connectivity index (χ4v) is 4.08. The number of ether oxygens (including phenoxy) is 2. The molecule has 1 aliphatic rings. The molecule has 1 rings (SSSR count). The molecule has 6 heteroatoms. The molecule has 1 saturated heterocycles. The number of hydrogen-bond acceptors (Lipinski definition) is 5. The van der Waals surface area contributed by atoms with Crippen LogP contribution in [0.2, 0.25) is 0 Å². The predicted octanol–water partition coefficient (Wildman–Crippen LogP) is 1.74. The van der Waals surface area contributed by atoms with Crippen molar-refractivity contribution in [3.8, 4) is 0 Å². The van der Waals surface area contributed by atoms with Crippen molar-refractivity contribution in [1.82, 2.24) is 14.7 Å². The number of piperazine rings is 1. The molecule has 24 heavy (non-hydrogen) atoms. The standard InChI is InChI=1S/C18H39N3O2Si/c1-5-7-9-19(10-8-6-2)11-12-20-13-15-21(16-14-20)17-24-18(22-3)23-4/h18H,5-17H2,1-4H3. The Balaban J connectivity index is 2.19. The molecule has 1 aliphatic heterocycles.